The second kappa shape index (κ2) is 6.45. The van der Waals surface area contributed by atoms with E-state index in [1.807, 2.05) is 0 Å². The van der Waals surface area contributed by atoms with Gasteiger partial charge < -0.3 is 25.2 Å². The number of rotatable bonds is 4. The van der Waals surface area contributed by atoms with E-state index in [0.717, 1.165) is 12.8 Å². The van der Waals surface area contributed by atoms with E-state index in [2.05, 4.69) is 5.32 Å². The average Bonchev–Trinajstić information content (AvgIpc) is 2.96. The maximum atomic E-state index is 12.2. The van der Waals surface area contributed by atoms with Crippen molar-refractivity contribution in [2.45, 2.75) is 18.9 Å². The number of amides is 2. The number of ether oxygens (including phenoxy) is 1. The fraction of sp³-hybridized carbons (Fsp3) is 0.429. The minimum absolute atomic E-state index is 0.0394. The zero-order chi connectivity index (χ0) is 15.4. The number of nitrogens with zero attached hydrogens (tertiary/aromatic N) is 1. The Bertz CT molecular complexity index is 546. The predicted octanol–water partition coefficient (Wildman–Crippen LogP) is 1.38. The summed E-state index contributed by atoms with van der Waals surface area (Å²) in [5, 5.41) is 21.0. The van der Waals surface area contributed by atoms with Crippen molar-refractivity contribution in [1.82, 2.24) is 4.90 Å². The van der Waals surface area contributed by atoms with E-state index < -0.39 is 12.0 Å². The number of hydrogen-bond donors (Lipinski definition) is 3. The lowest BCUT2D eigenvalue weighted by molar-refractivity contribution is 0.0697. The van der Waals surface area contributed by atoms with E-state index >= 15 is 0 Å². The van der Waals surface area contributed by atoms with Crippen LogP contribution in [-0.2, 0) is 0 Å². The molecule has 1 atom stereocenters. The minimum Gasteiger partial charge on any atom is -0.497 e. The molecule has 2 amide bonds. The number of benzene rings is 1. The highest BCUT2D eigenvalue weighted by atomic mass is 16.5. The summed E-state index contributed by atoms with van der Waals surface area (Å²) in [7, 11) is 1.44. The van der Waals surface area contributed by atoms with Crippen LogP contribution in [0.4, 0.5) is 10.5 Å². The number of carbonyl (C=O) groups is 2. The van der Waals surface area contributed by atoms with Crippen molar-refractivity contribution in [3.05, 3.63) is 23.8 Å². The van der Waals surface area contributed by atoms with Gasteiger partial charge in [-0.05, 0) is 31.0 Å². The number of nitrogens with one attached hydrogen (secondary N) is 1. The Morgan fingerprint density at radius 1 is 1.48 bits per heavy atom. The maximum absolute atomic E-state index is 12.2. The fourth-order valence-corrected chi connectivity index (χ4v) is 2.42. The second-order valence-corrected chi connectivity index (χ2v) is 4.82. The highest BCUT2D eigenvalue weighted by Gasteiger charge is 2.28. The molecule has 21 heavy (non-hydrogen) atoms. The Morgan fingerprint density at radius 3 is 2.86 bits per heavy atom. The summed E-state index contributed by atoms with van der Waals surface area (Å²) < 4.78 is 4.98. The molecular weight excluding hydrogens is 276 g/mol. The van der Waals surface area contributed by atoms with Crippen LogP contribution < -0.4 is 10.1 Å². The summed E-state index contributed by atoms with van der Waals surface area (Å²) in [5.74, 6) is -0.746. The van der Waals surface area contributed by atoms with Crippen molar-refractivity contribution >= 4 is 17.7 Å². The van der Waals surface area contributed by atoms with Gasteiger partial charge in [0.15, 0.2) is 0 Å². The van der Waals surface area contributed by atoms with Gasteiger partial charge in [-0.3, -0.25) is 0 Å². The molecule has 1 unspecified atom stereocenters. The molecule has 3 N–H and O–H groups in total. The molecule has 0 radical (unpaired) electrons. The number of carboxylic acid groups (broad SMARTS) is 1. The number of aliphatic hydroxyl groups excluding tert-OH is 1. The second-order valence-electron chi connectivity index (χ2n) is 4.82. The van der Waals surface area contributed by atoms with E-state index in [1.165, 1.54) is 24.1 Å². The van der Waals surface area contributed by atoms with Gasteiger partial charge in [0.2, 0.25) is 0 Å². The molecule has 0 aromatic heterocycles. The minimum atomic E-state index is -1.15. The molecule has 1 saturated heterocycles. The van der Waals surface area contributed by atoms with Gasteiger partial charge in [0.1, 0.15) is 5.75 Å². The van der Waals surface area contributed by atoms with Crippen LogP contribution in [0.5, 0.6) is 5.75 Å². The number of aromatic carboxylic acids is 1. The summed E-state index contributed by atoms with van der Waals surface area (Å²) in [5.41, 5.74) is 0.166. The Balaban J connectivity index is 2.19. The highest BCUT2D eigenvalue weighted by molar-refractivity contribution is 6.00. The first-order valence-corrected chi connectivity index (χ1v) is 6.66. The number of anilines is 1. The molecular formula is C14H18N2O5. The van der Waals surface area contributed by atoms with Crippen LogP contribution in [0.2, 0.25) is 0 Å². The average molecular weight is 294 g/mol. The lowest BCUT2D eigenvalue weighted by Crippen LogP contribution is -2.40. The Hall–Kier alpha value is -2.28. The largest absolute Gasteiger partial charge is 0.497 e. The molecule has 1 aromatic carbocycles. The summed E-state index contributed by atoms with van der Waals surface area (Å²) >= 11 is 0. The van der Waals surface area contributed by atoms with Crippen LogP contribution in [0.3, 0.4) is 0 Å². The van der Waals surface area contributed by atoms with Crippen LogP contribution in [0, 0.1) is 0 Å². The number of aliphatic hydroxyl groups is 1. The highest BCUT2D eigenvalue weighted by Crippen LogP contribution is 2.24. The van der Waals surface area contributed by atoms with Crippen molar-refractivity contribution in [3.63, 3.8) is 0 Å². The van der Waals surface area contributed by atoms with Crippen molar-refractivity contribution in [1.29, 1.82) is 0 Å². The summed E-state index contributed by atoms with van der Waals surface area (Å²) in [4.78, 5) is 25.0. The van der Waals surface area contributed by atoms with E-state index in [0.29, 0.717) is 12.3 Å². The fourth-order valence-electron chi connectivity index (χ4n) is 2.42. The van der Waals surface area contributed by atoms with Gasteiger partial charge >= 0.3 is 12.0 Å². The predicted molar refractivity (Wildman–Crippen MR) is 75.8 cm³/mol. The lowest BCUT2D eigenvalue weighted by Gasteiger charge is -2.23. The van der Waals surface area contributed by atoms with Gasteiger partial charge in [-0.25, -0.2) is 9.59 Å². The third-order valence-corrected chi connectivity index (χ3v) is 3.55. The van der Waals surface area contributed by atoms with Crippen molar-refractivity contribution in [2.24, 2.45) is 0 Å². The normalized spacial score (nSPS) is 17.6. The summed E-state index contributed by atoms with van der Waals surface area (Å²) in [6.45, 7) is 0.456. The first-order valence-electron chi connectivity index (χ1n) is 6.66. The SMILES string of the molecule is COc1ccc(NC(=O)N2CCCC2CO)c(C(=O)O)c1. The molecule has 1 aliphatic rings. The molecule has 1 heterocycles. The molecule has 114 valence electrons. The number of carbonyl (C=O) groups excluding carboxylic acids is 1. The van der Waals surface area contributed by atoms with Gasteiger partial charge in [-0.2, -0.15) is 0 Å². The van der Waals surface area contributed by atoms with Crippen LogP contribution in [0.25, 0.3) is 0 Å². The number of urea groups is 1. The number of methoxy groups -OCH3 is 1. The monoisotopic (exact) mass is 294 g/mol. The van der Waals surface area contributed by atoms with E-state index in [1.54, 1.807) is 6.07 Å². The molecule has 2 rings (SSSR count). The molecule has 7 heteroatoms. The zero-order valence-electron chi connectivity index (χ0n) is 11.7. The first-order chi connectivity index (χ1) is 10.1. The first kappa shape index (κ1) is 15.1. The van der Waals surface area contributed by atoms with Crippen LogP contribution in [0.1, 0.15) is 23.2 Å². The third-order valence-electron chi connectivity index (χ3n) is 3.55. The van der Waals surface area contributed by atoms with Crippen LogP contribution in [0.15, 0.2) is 18.2 Å². The van der Waals surface area contributed by atoms with Gasteiger partial charge in [0.25, 0.3) is 0 Å². The molecule has 0 saturated carbocycles. The van der Waals surface area contributed by atoms with E-state index in [-0.39, 0.29) is 23.9 Å². The standard InChI is InChI=1S/C14H18N2O5/c1-21-10-4-5-12(11(7-10)13(18)19)15-14(20)16-6-2-3-9(16)8-17/h4-5,7,9,17H,2-3,6,8H2,1H3,(H,15,20)(H,18,19). The van der Waals surface area contributed by atoms with Gasteiger partial charge in [0.05, 0.1) is 31.0 Å². The Morgan fingerprint density at radius 2 is 2.24 bits per heavy atom. The summed E-state index contributed by atoms with van der Waals surface area (Å²) in [6.07, 6.45) is 1.57. The quantitative estimate of drug-likeness (QED) is 0.779. The topological polar surface area (TPSA) is 99.1 Å². The molecule has 0 spiro atoms. The number of carboxylic acids is 1. The Labute approximate surface area is 122 Å². The van der Waals surface area contributed by atoms with E-state index in [9.17, 15) is 19.8 Å². The zero-order valence-corrected chi connectivity index (χ0v) is 11.7. The van der Waals surface area contributed by atoms with Gasteiger partial charge in [0, 0.05) is 6.54 Å². The molecule has 1 fully saturated rings. The third kappa shape index (κ3) is 3.25. The summed E-state index contributed by atoms with van der Waals surface area (Å²) in [6, 6.07) is 3.81. The van der Waals surface area contributed by atoms with Crippen LogP contribution in [-0.4, -0.2) is 53.4 Å². The van der Waals surface area contributed by atoms with E-state index in [4.69, 9.17) is 4.74 Å². The number of hydrogen-bond acceptors (Lipinski definition) is 4. The molecule has 1 aromatic rings. The molecule has 7 nitrogen and oxygen atoms in total. The molecule has 0 aliphatic carbocycles. The van der Waals surface area contributed by atoms with Crippen molar-refractivity contribution in [3.8, 4) is 5.75 Å². The van der Waals surface area contributed by atoms with Crippen LogP contribution >= 0.6 is 0 Å². The number of likely N-dealkylation sites (tertiary alicyclic amines) is 1. The molecule has 0 bridgehead atoms. The smallest absolute Gasteiger partial charge is 0.337 e. The van der Waals surface area contributed by atoms with Gasteiger partial charge in [-0.1, -0.05) is 0 Å². The lowest BCUT2D eigenvalue weighted by atomic mass is 10.1. The Kier molecular flexibility index (Phi) is 4.64. The maximum Gasteiger partial charge on any atom is 0.337 e. The van der Waals surface area contributed by atoms with Crippen molar-refractivity contribution < 1.29 is 24.5 Å². The van der Waals surface area contributed by atoms with Crippen molar-refractivity contribution in [2.75, 3.05) is 25.6 Å². The molecule has 1 aliphatic heterocycles. The van der Waals surface area contributed by atoms with Gasteiger partial charge in [-0.15, -0.1) is 0 Å².